The number of ether oxygens (including phenoxy) is 1. The summed E-state index contributed by atoms with van der Waals surface area (Å²) >= 11 is 0. The number of methoxy groups -OCH3 is 1. The fourth-order valence-corrected chi connectivity index (χ4v) is 2.96. The van der Waals surface area contributed by atoms with Crippen LogP contribution in [0.4, 0.5) is 0 Å². The minimum Gasteiger partial charge on any atom is -0.496 e. The van der Waals surface area contributed by atoms with E-state index in [4.69, 9.17) is 9.84 Å². The predicted molar refractivity (Wildman–Crippen MR) is 71.2 cm³/mol. The summed E-state index contributed by atoms with van der Waals surface area (Å²) in [6, 6.07) is 2.53. The standard InChI is InChI=1S/C12H17NO6S/c1-7-6-9(4-5-10(7)19-3)20(17,18)13-11(8(2)14)12(15)16/h4-6,8,11,13-14H,1-3H3,(H,15,16)/t8-,11+/m1/s1. The zero-order valence-corrected chi connectivity index (χ0v) is 12.1. The smallest absolute Gasteiger partial charge is 0.324 e. The Morgan fingerprint density at radius 3 is 2.40 bits per heavy atom. The molecule has 8 heteroatoms. The van der Waals surface area contributed by atoms with Crippen molar-refractivity contribution in [1.82, 2.24) is 4.72 Å². The van der Waals surface area contributed by atoms with E-state index in [-0.39, 0.29) is 4.90 Å². The van der Waals surface area contributed by atoms with Crippen LogP contribution < -0.4 is 9.46 Å². The Kier molecular flexibility index (Phi) is 5.09. The summed E-state index contributed by atoms with van der Waals surface area (Å²) in [7, 11) is -2.58. The van der Waals surface area contributed by atoms with Gasteiger partial charge in [-0.2, -0.15) is 4.72 Å². The highest BCUT2D eigenvalue weighted by atomic mass is 32.2. The van der Waals surface area contributed by atoms with Crippen LogP contribution in [0.5, 0.6) is 5.75 Å². The molecule has 0 fully saturated rings. The van der Waals surface area contributed by atoms with Crippen LogP contribution in [-0.4, -0.2) is 43.9 Å². The van der Waals surface area contributed by atoms with Crippen molar-refractivity contribution in [2.45, 2.75) is 30.9 Å². The SMILES string of the molecule is COc1ccc(S(=O)(=O)N[C@H](C(=O)O)[C@@H](C)O)cc1C. The zero-order valence-electron chi connectivity index (χ0n) is 11.3. The Labute approximate surface area is 117 Å². The van der Waals surface area contributed by atoms with E-state index in [0.29, 0.717) is 11.3 Å². The predicted octanol–water partition coefficient (Wildman–Crippen LogP) is 0.116. The van der Waals surface area contributed by atoms with Crippen molar-refractivity contribution in [3.63, 3.8) is 0 Å². The molecule has 0 aliphatic heterocycles. The van der Waals surface area contributed by atoms with Crippen molar-refractivity contribution in [2.24, 2.45) is 0 Å². The van der Waals surface area contributed by atoms with Crippen molar-refractivity contribution >= 4 is 16.0 Å². The number of aliphatic carboxylic acids is 1. The van der Waals surface area contributed by atoms with Crippen molar-refractivity contribution in [1.29, 1.82) is 0 Å². The summed E-state index contributed by atoms with van der Waals surface area (Å²) in [5.41, 5.74) is 0.597. The maximum Gasteiger partial charge on any atom is 0.324 e. The average molecular weight is 303 g/mol. The minimum atomic E-state index is -4.04. The third-order valence-electron chi connectivity index (χ3n) is 2.71. The summed E-state index contributed by atoms with van der Waals surface area (Å²) in [5, 5.41) is 18.2. The molecule has 2 atom stereocenters. The highest BCUT2D eigenvalue weighted by molar-refractivity contribution is 7.89. The average Bonchev–Trinajstić information content (AvgIpc) is 2.35. The van der Waals surface area contributed by atoms with Crippen molar-refractivity contribution in [3.8, 4) is 5.75 Å². The molecule has 0 saturated heterocycles. The van der Waals surface area contributed by atoms with E-state index >= 15 is 0 Å². The molecule has 20 heavy (non-hydrogen) atoms. The van der Waals surface area contributed by atoms with E-state index in [1.807, 2.05) is 4.72 Å². The fourth-order valence-electron chi connectivity index (χ4n) is 1.61. The quantitative estimate of drug-likeness (QED) is 0.688. The number of sulfonamides is 1. The van der Waals surface area contributed by atoms with Crippen LogP contribution >= 0.6 is 0 Å². The fraction of sp³-hybridized carbons (Fsp3) is 0.417. The van der Waals surface area contributed by atoms with Gasteiger partial charge in [-0.1, -0.05) is 0 Å². The molecular formula is C12H17NO6S. The molecule has 0 unspecified atom stereocenters. The summed E-state index contributed by atoms with van der Waals surface area (Å²) < 4.78 is 31.1. The maximum atomic E-state index is 12.1. The van der Waals surface area contributed by atoms with Gasteiger partial charge in [0.1, 0.15) is 11.8 Å². The second-order valence-electron chi connectivity index (χ2n) is 4.31. The largest absolute Gasteiger partial charge is 0.496 e. The van der Waals surface area contributed by atoms with Crippen LogP contribution in [-0.2, 0) is 14.8 Å². The molecule has 0 amide bonds. The van der Waals surface area contributed by atoms with E-state index in [2.05, 4.69) is 0 Å². The first kappa shape index (κ1) is 16.4. The summed E-state index contributed by atoms with van der Waals surface area (Å²) in [4.78, 5) is 10.8. The highest BCUT2D eigenvalue weighted by Gasteiger charge is 2.29. The van der Waals surface area contributed by atoms with Crippen molar-refractivity contribution < 1.29 is 28.2 Å². The second kappa shape index (κ2) is 6.21. The minimum absolute atomic E-state index is 0.0947. The van der Waals surface area contributed by atoms with Gasteiger partial charge in [0, 0.05) is 0 Å². The normalized spacial score (nSPS) is 14.6. The monoisotopic (exact) mass is 303 g/mol. The molecule has 0 heterocycles. The number of carboxylic acid groups (broad SMARTS) is 1. The lowest BCUT2D eigenvalue weighted by Gasteiger charge is -2.17. The molecule has 0 saturated carbocycles. The number of rotatable bonds is 6. The van der Waals surface area contributed by atoms with E-state index in [1.165, 1.54) is 32.2 Å². The molecule has 112 valence electrons. The molecule has 0 bridgehead atoms. The van der Waals surface area contributed by atoms with Gasteiger partial charge in [-0.3, -0.25) is 4.79 Å². The third kappa shape index (κ3) is 3.69. The summed E-state index contributed by atoms with van der Waals surface area (Å²) in [6.07, 6.45) is -1.36. The number of hydrogen-bond donors (Lipinski definition) is 3. The van der Waals surface area contributed by atoms with Gasteiger partial charge in [0.2, 0.25) is 10.0 Å². The van der Waals surface area contributed by atoms with Gasteiger partial charge in [0.15, 0.2) is 0 Å². The van der Waals surface area contributed by atoms with Gasteiger partial charge in [-0.25, -0.2) is 8.42 Å². The molecular weight excluding hydrogens is 286 g/mol. The molecule has 1 aromatic rings. The van der Waals surface area contributed by atoms with Crippen LogP contribution in [0.3, 0.4) is 0 Å². The van der Waals surface area contributed by atoms with Gasteiger partial charge >= 0.3 is 5.97 Å². The second-order valence-corrected chi connectivity index (χ2v) is 6.02. The zero-order chi connectivity index (χ0) is 15.5. The van der Waals surface area contributed by atoms with Gasteiger partial charge in [-0.05, 0) is 37.6 Å². The lowest BCUT2D eigenvalue weighted by Crippen LogP contribution is -2.47. The van der Waals surface area contributed by atoms with E-state index in [0.717, 1.165) is 0 Å². The van der Waals surface area contributed by atoms with Gasteiger partial charge in [0.05, 0.1) is 18.1 Å². The molecule has 1 aromatic carbocycles. The van der Waals surface area contributed by atoms with E-state index in [1.54, 1.807) is 6.92 Å². The van der Waals surface area contributed by atoms with Crippen LogP contribution in [0, 0.1) is 6.92 Å². The summed E-state index contributed by atoms with van der Waals surface area (Å²) in [6.45, 7) is 2.86. The first-order chi connectivity index (χ1) is 9.19. The maximum absolute atomic E-state index is 12.1. The first-order valence-corrected chi connectivity index (χ1v) is 7.25. The number of nitrogens with one attached hydrogen (secondary N) is 1. The molecule has 0 aliphatic rings. The molecule has 3 N–H and O–H groups in total. The molecule has 7 nitrogen and oxygen atoms in total. The van der Waals surface area contributed by atoms with Crippen LogP contribution in [0.1, 0.15) is 12.5 Å². The number of aryl methyl sites for hydroxylation is 1. The Hall–Kier alpha value is -1.64. The molecule has 0 aromatic heterocycles. The molecule has 1 rings (SSSR count). The Morgan fingerprint density at radius 2 is 2.00 bits per heavy atom. The lowest BCUT2D eigenvalue weighted by atomic mass is 10.2. The first-order valence-electron chi connectivity index (χ1n) is 5.77. The molecule has 0 spiro atoms. The number of aliphatic hydroxyl groups excluding tert-OH is 1. The number of carbonyl (C=O) groups is 1. The Morgan fingerprint density at radius 1 is 1.40 bits per heavy atom. The molecule has 0 radical (unpaired) electrons. The van der Waals surface area contributed by atoms with Crippen molar-refractivity contribution in [3.05, 3.63) is 23.8 Å². The van der Waals surface area contributed by atoms with Crippen LogP contribution in [0.15, 0.2) is 23.1 Å². The van der Waals surface area contributed by atoms with Crippen molar-refractivity contribution in [2.75, 3.05) is 7.11 Å². The number of benzene rings is 1. The van der Waals surface area contributed by atoms with Gasteiger partial charge < -0.3 is 14.9 Å². The Bertz CT molecular complexity index is 596. The number of hydrogen-bond acceptors (Lipinski definition) is 5. The van der Waals surface area contributed by atoms with E-state index < -0.39 is 28.1 Å². The van der Waals surface area contributed by atoms with Gasteiger partial charge in [-0.15, -0.1) is 0 Å². The summed E-state index contributed by atoms with van der Waals surface area (Å²) in [5.74, 6) is -0.928. The van der Waals surface area contributed by atoms with E-state index in [9.17, 15) is 18.3 Å². The van der Waals surface area contributed by atoms with Gasteiger partial charge in [0.25, 0.3) is 0 Å². The molecule has 0 aliphatic carbocycles. The Balaban J connectivity index is 3.11. The van der Waals surface area contributed by atoms with Crippen LogP contribution in [0.2, 0.25) is 0 Å². The van der Waals surface area contributed by atoms with Crippen LogP contribution in [0.25, 0.3) is 0 Å². The highest BCUT2D eigenvalue weighted by Crippen LogP contribution is 2.21. The number of carboxylic acids is 1. The third-order valence-corrected chi connectivity index (χ3v) is 4.15. The number of aliphatic hydroxyl groups is 1. The lowest BCUT2D eigenvalue weighted by molar-refractivity contribution is -0.141. The topological polar surface area (TPSA) is 113 Å².